The second-order valence-corrected chi connectivity index (χ2v) is 8.92. The molecule has 1 saturated carbocycles. The Labute approximate surface area is 181 Å². The number of hydrogen-bond donors (Lipinski definition) is 3. The van der Waals surface area contributed by atoms with Gasteiger partial charge in [0, 0.05) is 18.6 Å². The second-order valence-electron chi connectivity index (χ2n) is 7.17. The molecule has 0 heterocycles. The fourth-order valence-electron chi connectivity index (χ4n) is 3.11. The van der Waals surface area contributed by atoms with E-state index in [1.807, 2.05) is 38.1 Å². The minimum Gasteiger partial charge on any atom is -0.357 e. The van der Waals surface area contributed by atoms with Gasteiger partial charge in [0.15, 0.2) is 5.96 Å². The van der Waals surface area contributed by atoms with Gasteiger partial charge in [-0.1, -0.05) is 37.1 Å². The Hall–Kier alpha value is -0.870. The lowest BCUT2D eigenvalue weighted by molar-refractivity contribution is 0.569. The van der Waals surface area contributed by atoms with Gasteiger partial charge >= 0.3 is 0 Å². The van der Waals surface area contributed by atoms with Crippen molar-refractivity contribution in [1.82, 2.24) is 15.4 Å². The lowest BCUT2D eigenvalue weighted by Crippen LogP contribution is -2.42. The first kappa shape index (κ1) is 24.2. The molecule has 8 heteroatoms. The summed E-state index contributed by atoms with van der Waals surface area (Å²) in [5, 5.41) is 6.79. The van der Waals surface area contributed by atoms with E-state index < -0.39 is 10.0 Å². The molecule has 0 atom stereocenters. The largest absolute Gasteiger partial charge is 0.357 e. The Kier molecular flexibility index (Phi) is 10.6. The monoisotopic (exact) mass is 508 g/mol. The van der Waals surface area contributed by atoms with Gasteiger partial charge in [-0.2, -0.15) is 0 Å². The first-order valence-electron chi connectivity index (χ1n) is 9.50. The summed E-state index contributed by atoms with van der Waals surface area (Å²) < 4.78 is 26.6. The normalized spacial score (nSPS) is 15.6. The predicted molar refractivity (Wildman–Crippen MR) is 123 cm³/mol. The summed E-state index contributed by atoms with van der Waals surface area (Å²) in [4.78, 5) is 4.65. The van der Waals surface area contributed by atoms with Gasteiger partial charge in [0.2, 0.25) is 10.0 Å². The molecular formula is C19H33IN4O2S. The summed E-state index contributed by atoms with van der Waals surface area (Å²) in [5.41, 5.74) is 1.84. The summed E-state index contributed by atoms with van der Waals surface area (Å²) in [7, 11) is -3.29. The van der Waals surface area contributed by atoms with Crippen LogP contribution in [-0.4, -0.2) is 33.0 Å². The molecule has 0 amide bonds. The fourth-order valence-corrected chi connectivity index (χ4v) is 4.55. The third-order valence-electron chi connectivity index (χ3n) is 4.25. The van der Waals surface area contributed by atoms with Crippen LogP contribution in [0.1, 0.15) is 57.6 Å². The summed E-state index contributed by atoms with van der Waals surface area (Å²) >= 11 is 0. The van der Waals surface area contributed by atoms with Gasteiger partial charge in [-0.05, 0) is 44.7 Å². The van der Waals surface area contributed by atoms with Crippen LogP contribution in [0, 0.1) is 0 Å². The standard InChI is InChI=1S/C19H32N4O2S.HI/c1-4-20-19(22-18-7-5-6-8-18)21-13-16-9-11-17(12-10-16)14-26(24,25)23-15(2)3;/h9-12,15,18,23H,4-8,13-14H2,1-3H3,(H2,20,21,22);1H. The van der Waals surface area contributed by atoms with Crippen LogP contribution in [-0.2, 0) is 22.3 Å². The van der Waals surface area contributed by atoms with E-state index >= 15 is 0 Å². The molecule has 1 aliphatic rings. The van der Waals surface area contributed by atoms with Crippen molar-refractivity contribution < 1.29 is 8.42 Å². The molecule has 1 aromatic rings. The number of sulfonamides is 1. The predicted octanol–water partition coefficient (Wildman–Crippen LogP) is 3.13. The first-order chi connectivity index (χ1) is 12.4. The quantitative estimate of drug-likeness (QED) is 0.286. The molecular weight excluding hydrogens is 475 g/mol. The van der Waals surface area contributed by atoms with Crippen molar-refractivity contribution in [3.05, 3.63) is 35.4 Å². The van der Waals surface area contributed by atoms with Gasteiger partial charge in [-0.25, -0.2) is 18.1 Å². The third kappa shape index (κ3) is 9.25. The molecule has 2 rings (SSSR count). The number of aliphatic imine (C=N–C) groups is 1. The number of rotatable bonds is 8. The maximum atomic E-state index is 12.0. The van der Waals surface area contributed by atoms with Crippen molar-refractivity contribution >= 4 is 40.0 Å². The van der Waals surface area contributed by atoms with Gasteiger partial charge in [0.05, 0.1) is 12.3 Å². The van der Waals surface area contributed by atoms with Gasteiger partial charge in [0.1, 0.15) is 0 Å². The van der Waals surface area contributed by atoms with Crippen molar-refractivity contribution in [2.45, 2.75) is 70.8 Å². The Bertz CT molecular complexity index is 684. The van der Waals surface area contributed by atoms with Crippen LogP contribution in [0.25, 0.3) is 0 Å². The molecule has 0 saturated heterocycles. The van der Waals surface area contributed by atoms with Crippen molar-refractivity contribution in [3.8, 4) is 0 Å². The molecule has 1 fully saturated rings. The van der Waals surface area contributed by atoms with E-state index in [0.29, 0.717) is 12.6 Å². The molecule has 3 N–H and O–H groups in total. The number of halogens is 1. The summed E-state index contributed by atoms with van der Waals surface area (Å²) in [6.07, 6.45) is 4.98. The molecule has 0 bridgehead atoms. The molecule has 0 radical (unpaired) electrons. The Balaban J connectivity index is 0.00000364. The zero-order valence-electron chi connectivity index (χ0n) is 16.5. The second kappa shape index (κ2) is 11.9. The molecule has 0 unspecified atom stereocenters. The highest BCUT2D eigenvalue weighted by Crippen LogP contribution is 2.17. The van der Waals surface area contributed by atoms with Gasteiger partial charge in [-0.3, -0.25) is 0 Å². The average Bonchev–Trinajstić information content (AvgIpc) is 3.05. The van der Waals surface area contributed by atoms with Crippen LogP contribution < -0.4 is 15.4 Å². The third-order valence-corrected chi connectivity index (χ3v) is 5.80. The highest BCUT2D eigenvalue weighted by atomic mass is 127. The summed E-state index contributed by atoms with van der Waals surface area (Å²) in [6.45, 7) is 7.10. The molecule has 1 aliphatic carbocycles. The van der Waals surface area contributed by atoms with Crippen molar-refractivity contribution in [2.24, 2.45) is 4.99 Å². The molecule has 1 aromatic carbocycles. The van der Waals surface area contributed by atoms with Crippen LogP contribution in [0.5, 0.6) is 0 Å². The number of nitrogens with zero attached hydrogens (tertiary/aromatic N) is 1. The zero-order valence-corrected chi connectivity index (χ0v) is 19.6. The molecule has 154 valence electrons. The van der Waals surface area contributed by atoms with E-state index in [2.05, 4.69) is 27.3 Å². The lowest BCUT2D eigenvalue weighted by atomic mass is 10.1. The van der Waals surface area contributed by atoms with Gasteiger partial charge in [0.25, 0.3) is 0 Å². The summed E-state index contributed by atoms with van der Waals surface area (Å²) in [6, 6.07) is 8.05. The minimum atomic E-state index is -3.29. The molecule has 0 aromatic heterocycles. The maximum Gasteiger partial charge on any atom is 0.216 e. The van der Waals surface area contributed by atoms with Crippen LogP contribution >= 0.6 is 24.0 Å². The maximum absolute atomic E-state index is 12.0. The van der Waals surface area contributed by atoms with E-state index in [9.17, 15) is 8.42 Å². The van der Waals surface area contributed by atoms with Gasteiger partial charge in [-0.15, -0.1) is 24.0 Å². The van der Waals surface area contributed by atoms with Crippen LogP contribution in [0.15, 0.2) is 29.3 Å². The van der Waals surface area contributed by atoms with E-state index in [1.54, 1.807) is 0 Å². The highest BCUT2D eigenvalue weighted by Gasteiger charge is 2.16. The Morgan fingerprint density at radius 3 is 2.30 bits per heavy atom. The smallest absolute Gasteiger partial charge is 0.216 e. The molecule has 0 aliphatic heterocycles. The first-order valence-corrected chi connectivity index (χ1v) is 11.2. The van der Waals surface area contributed by atoms with Crippen molar-refractivity contribution in [2.75, 3.05) is 6.54 Å². The number of hydrogen-bond acceptors (Lipinski definition) is 3. The summed E-state index contributed by atoms with van der Waals surface area (Å²) in [5.74, 6) is 0.854. The van der Waals surface area contributed by atoms with Gasteiger partial charge < -0.3 is 10.6 Å². The van der Waals surface area contributed by atoms with E-state index in [-0.39, 0.29) is 35.8 Å². The molecule has 6 nitrogen and oxygen atoms in total. The molecule has 0 spiro atoms. The van der Waals surface area contributed by atoms with Crippen LogP contribution in [0.2, 0.25) is 0 Å². The van der Waals surface area contributed by atoms with Crippen LogP contribution in [0.3, 0.4) is 0 Å². The Morgan fingerprint density at radius 2 is 1.74 bits per heavy atom. The van der Waals surface area contributed by atoms with Crippen molar-refractivity contribution in [3.63, 3.8) is 0 Å². The van der Waals surface area contributed by atoms with Crippen molar-refractivity contribution in [1.29, 1.82) is 0 Å². The minimum absolute atomic E-state index is 0. The van der Waals surface area contributed by atoms with E-state index in [1.165, 1.54) is 25.7 Å². The number of guanidine groups is 1. The molecule has 27 heavy (non-hydrogen) atoms. The SMILES string of the molecule is CCNC(=NCc1ccc(CS(=O)(=O)NC(C)C)cc1)NC1CCCC1.I. The lowest BCUT2D eigenvalue weighted by Gasteiger charge is -2.16. The fraction of sp³-hybridized carbons (Fsp3) is 0.632. The van der Waals surface area contributed by atoms with E-state index in [0.717, 1.165) is 23.6 Å². The average molecular weight is 508 g/mol. The number of nitrogens with one attached hydrogen (secondary N) is 3. The van der Waals surface area contributed by atoms with Crippen LogP contribution in [0.4, 0.5) is 0 Å². The topological polar surface area (TPSA) is 82.6 Å². The zero-order chi connectivity index (χ0) is 19.0. The Morgan fingerprint density at radius 1 is 1.15 bits per heavy atom. The highest BCUT2D eigenvalue weighted by molar-refractivity contribution is 14.0. The van der Waals surface area contributed by atoms with E-state index in [4.69, 9.17) is 0 Å². The number of benzene rings is 1.